The van der Waals surface area contributed by atoms with Gasteiger partial charge in [0, 0.05) is 11.6 Å². The number of nitrogens with zero attached hydrogens (tertiary/aromatic N) is 1. The number of carbonyl (C=O) groups is 1. The zero-order valence-corrected chi connectivity index (χ0v) is 10.1. The van der Waals surface area contributed by atoms with Crippen molar-refractivity contribution in [1.29, 1.82) is 0 Å². The van der Waals surface area contributed by atoms with Crippen LogP contribution < -0.4 is 5.32 Å². The fraction of sp³-hybridized carbons (Fsp3) is 0.0769. The van der Waals surface area contributed by atoms with Gasteiger partial charge in [-0.1, -0.05) is 18.2 Å². The van der Waals surface area contributed by atoms with E-state index in [0.717, 1.165) is 11.8 Å². The number of carbonyl (C=O) groups excluding carboxylic acids is 1. The molecule has 1 heterocycles. The number of rotatable bonds is 3. The minimum atomic E-state index is -0.479. The summed E-state index contributed by atoms with van der Waals surface area (Å²) in [5.74, 6) is -0.576. The molecule has 0 saturated heterocycles. The Morgan fingerprint density at radius 3 is 2.72 bits per heavy atom. The molecule has 0 saturated carbocycles. The van der Waals surface area contributed by atoms with Gasteiger partial charge in [0.2, 0.25) is 0 Å². The Balaban J connectivity index is 2.18. The summed E-state index contributed by atoms with van der Waals surface area (Å²) in [6, 6.07) is 9.72. The van der Waals surface area contributed by atoms with Crippen LogP contribution in [0.2, 0.25) is 0 Å². The van der Waals surface area contributed by atoms with Crippen LogP contribution in [0, 0.1) is 5.82 Å². The summed E-state index contributed by atoms with van der Waals surface area (Å²) in [5, 5.41) is 2.69. The molecule has 1 aromatic carbocycles. The first-order chi connectivity index (χ1) is 8.70. The Morgan fingerprint density at radius 1 is 1.28 bits per heavy atom. The molecule has 2 rings (SSSR count). The van der Waals surface area contributed by atoms with Gasteiger partial charge in [0.15, 0.2) is 0 Å². The van der Waals surface area contributed by atoms with Crippen molar-refractivity contribution < 1.29 is 9.18 Å². The Bertz CT molecular complexity index is 557. The second-order valence-electron chi connectivity index (χ2n) is 3.61. The van der Waals surface area contributed by atoms with Crippen LogP contribution in [0.1, 0.15) is 16.1 Å². The van der Waals surface area contributed by atoms with Gasteiger partial charge in [-0.25, -0.2) is 9.37 Å². The quantitative estimate of drug-likeness (QED) is 0.865. The molecule has 0 aliphatic rings. The fourth-order valence-electron chi connectivity index (χ4n) is 1.46. The molecule has 1 N–H and O–H groups in total. The average molecular weight is 265 g/mol. The maximum absolute atomic E-state index is 12.7. The van der Waals surface area contributed by atoms with E-state index in [1.54, 1.807) is 12.1 Å². The summed E-state index contributed by atoms with van der Waals surface area (Å²) in [6.07, 6.45) is 1.00. The van der Waals surface area contributed by atoms with Crippen LogP contribution in [0.3, 0.4) is 0 Å². The zero-order valence-electron chi connectivity index (χ0n) is 9.36. The molecule has 18 heavy (non-hydrogen) atoms. The monoisotopic (exact) mass is 264 g/mol. The summed E-state index contributed by atoms with van der Waals surface area (Å²) in [4.78, 5) is 15.6. The SMILES string of the molecule is O=C(Nc1ccccc1CCl)c1ccc(F)cn1. The van der Waals surface area contributed by atoms with E-state index in [-0.39, 0.29) is 5.69 Å². The molecule has 0 fully saturated rings. The number of benzene rings is 1. The number of aromatic nitrogens is 1. The lowest BCUT2D eigenvalue weighted by Crippen LogP contribution is -2.14. The number of pyridine rings is 1. The second kappa shape index (κ2) is 5.60. The van der Waals surface area contributed by atoms with E-state index in [1.807, 2.05) is 12.1 Å². The van der Waals surface area contributed by atoms with Gasteiger partial charge in [-0.15, -0.1) is 11.6 Å². The minimum absolute atomic E-state index is 0.153. The first kappa shape index (κ1) is 12.5. The molecule has 0 spiro atoms. The van der Waals surface area contributed by atoms with Crippen molar-refractivity contribution in [3.63, 3.8) is 0 Å². The molecular weight excluding hydrogens is 255 g/mol. The molecule has 0 aliphatic carbocycles. The summed E-state index contributed by atoms with van der Waals surface area (Å²) >= 11 is 5.77. The van der Waals surface area contributed by atoms with Crippen molar-refractivity contribution in [2.24, 2.45) is 0 Å². The van der Waals surface area contributed by atoms with E-state index >= 15 is 0 Å². The molecule has 92 valence electrons. The van der Waals surface area contributed by atoms with Gasteiger partial charge in [-0.3, -0.25) is 4.79 Å². The first-order valence-corrected chi connectivity index (χ1v) is 5.81. The summed E-state index contributed by atoms with van der Waals surface area (Å²) in [6.45, 7) is 0. The molecule has 3 nitrogen and oxygen atoms in total. The molecule has 5 heteroatoms. The number of hydrogen-bond acceptors (Lipinski definition) is 2. The van der Waals surface area contributed by atoms with Gasteiger partial charge >= 0.3 is 0 Å². The molecule has 1 amide bonds. The van der Waals surface area contributed by atoms with Crippen LogP contribution in [0.15, 0.2) is 42.6 Å². The van der Waals surface area contributed by atoms with E-state index in [4.69, 9.17) is 11.6 Å². The van der Waals surface area contributed by atoms with Gasteiger partial charge < -0.3 is 5.32 Å². The van der Waals surface area contributed by atoms with Gasteiger partial charge in [0.1, 0.15) is 11.5 Å². The summed E-state index contributed by atoms with van der Waals surface area (Å²) in [5.41, 5.74) is 1.60. The molecule has 0 bridgehead atoms. The number of amides is 1. The standard InChI is InChI=1S/C13H10ClFN2O/c14-7-9-3-1-2-4-11(9)17-13(18)12-6-5-10(15)8-16-12/h1-6,8H,7H2,(H,17,18). The van der Waals surface area contributed by atoms with Crippen molar-refractivity contribution in [1.82, 2.24) is 4.98 Å². The third-order valence-corrected chi connectivity index (χ3v) is 2.66. The molecule has 0 unspecified atom stereocenters. The van der Waals surface area contributed by atoms with Crippen LogP contribution in [0.5, 0.6) is 0 Å². The van der Waals surface area contributed by atoms with Crippen LogP contribution in [0.25, 0.3) is 0 Å². The first-order valence-electron chi connectivity index (χ1n) is 5.27. The zero-order chi connectivity index (χ0) is 13.0. The van der Waals surface area contributed by atoms with E-state index < -0.39 is 11.7 Å². The van der Waals surface area contributed by atoms with Gasteiger partial charge in [0.25, 0.3) is 5.91 Å². The van der Waals surface area contributed by atoms with Crippen LogP contribution in [-0.2, 0) is 5.88 Å². The maximum Gasteiger partial charge on any atom is 0.274 e. The average Bonchev–Trinajstić information content (AvgIpc) is 2.40. The fourth-order valence-corrected chi connectivity index (χ4v) is 1.69. The van der Waals surface area contributed by atoms with Gasteiger partial charge in [-0.2, -0.15) is 0 Å². The lowest BCUT2D eigenvalue weighted by molar-refractivity contribution is 0.102. The highest BCUT2D eigenvalue weighted by Crippen LogP contribution is 2.17. The topological polar surface area (TPSA) is 42.0 Å². The van der Waals surface area contributed by atoms with Crippen molar-refractivity contribution in [3.8, 4) is 0 Å². The van der Waals surface area contributed by atoms with E-state index in [9.17, 15) is 9.18 Å². The Hall–Kier alpha value is -1.94. The molecule has 0 aliphatic heterocycles. The summed E-state index contributed by atoms with van der Waals surface area (Å²) < 4.78 is 12.7. The Kier molecular flexibility index (Phi) is 3.89. The Morgan fingerprint density at radius 2 is 2.06 bits per heavy atom. The number of nitrogens with one attached hydrogen (secondary N) is 1. The number of hydrogen-bond donors (Lipinski definition) is 1. The van der Waals surface area contributed by atoms with E-state index in [2.05, 4.69) is 10.3 Å². The summed E-state index contributed by atoms with van der Waals surface area (Å²) in [7, 11) is 0. The Labute approximate surface area is 109 Å². The van der Waals surface area contributed by atoms with Crippen molar-refractivity contribution >= 4 is 23.2 Å². The van der Waals surface area contributed by atoms with Crippen molar-refractivity contribution in [2.45, 2.75) is 5.88 Å². The normalized spacial score (nSPS) is 10.1. The highest BCUT2D eigenvalue weighted by Gasteiger charge is 2.09. The molecule has 0 radical (unpaired) electrons. The highest BCUT2D eigenvalue weighted by atomic mass is 35.5. The predicted octanol–water partition coefficient (Wildman–Crippen LogP) is 3.21. The number of alkyl halides is 1. The third-order valence-electron chi connectivity index (χ3n) is 2.37. The number of halogens is 2. The second-order valence-corrected chi connectivity index (χ2v) is 3.87. The van der Waals surface area contributed by atoms with Gasteiger partial charge in [-0.05, 0) is 23.8 Å². The van der Waals surface area contributed by atoms with Crippen LogP contribution >= 0.6 is 11.6 Å². The lowest BCUT2D eigenvalue weighted by Gasteiger charge is -2.08. The lowest BCUT2D eigenvalue weighted by atomic mass is 10.2. The van der Waals surface area contributed by atoms with E-state index in [1.165, 1.54) is 12.1 Å². The van der Waals surface area contributed by atoms with E-state index in [0.29, 0.717) is 11.6 Å². The van der Waals surface area contributed by atoms with Crippen LogP contribution in [-0.4, -0.2) is 10.9 Å². The molecule has 0 atom stereocenters. The number of anilines is 1. The molecular formula is C13H10ClFN2O. The molecule has 1 aromatic heterocycles. The minimum Gasteiger partial charge on any atom is -0.320 e. The third kappa shape index (κ3) is 2.84. The van der Waals surface area contributed by atoms with Crippen molar-refractivity contribution in [3.05, 3.63) is 59.7 Å². The largest absolute Gasteiger partial charge is 0.320 e. The number of para-hydroxylation sites is 1. The molecule has 2 aromatic rings. The highest BCUT2D eigenvalue weighted by molar-refractivity contribution is 6.17. The smallest absolute Gasteiger partial charge is 0.274 e. The van der Waals surface area contributed by atoms with Gasteiger partial charge in [0.05, 0.1) is 6.20 Å². The van der Waals surface area contributed by atoms with Crippen LogP contribution in [0.4, 0.5) is 10.1 Å². The van der Waals surface area contributed by atoms with Crippen molar-refractivity contribution in [2.75, 3.05) is 5.32 Å². The predicted molar refractivity (Wildman–Crippen MR) is 68.1 cm³/mol. The maximum atomic E-state index is 12.7.